The van der Waals surface area contributed by atoms with Crippen molar-refractivity contribution in [2.45, 2.75) is 279 Å². The van der Waals surface area contributed by atoms with Gasteiger partial charge in [-0.3, -0.25) is 0 Å². The molecule has 6 atom stereocenters. The van der Waals surface area contributed by atoms with Crippen LogP contribution in [-0.4, -0.2) is 39.6 Å². The van der Waals surface area contributed by atoms with E-state index >= 15 is 0 Å². The van der Waals surface area contributed by atoms with Crippen molar-refractivity contribution >= 4 is 0 Å². The second-order valence-electron chi connectivity index (χ2n) is 37.3. The van der Waals surface area contributed by atoms with Crippen LogP contribution >= 0.6 is 0 Å². The van der Waals surface area contributed by atoms with E-state index in [0.717, 1.165) is 106 Å². The second kappa shape index (κ2) is 55.6. The zero-order chi connectivity index (χ0) is 86.2. The number of hydrogen-bond donors (Lipinski definition) is 0. The summed E-state index contributed by atoms with van der Waals surface area (Å²) in [5, 5.41) is 0. The number of hydrogen-bond acceptors (Lipinski definition) is 6. The van der Waals surface area contributed by atoms with Crippen LogP contribution in [0.1, 0.15) is 345 Å². The molecule has 7 aromatic carbocycles. The van der Waals surface area contributed by atoms with E-state index < -0.39 is 0 Å². The molecule has 0 saturated heterocycles. The Hall–Kier alpha value is -9.30. The van der Waals surface area contributed by atoms with E-state index in [-0.39, 0.29) is 0 Å². The molecule has 6 unspecified atom stereocenters. The van der Waals surface area contributed by atoms with Crippen molar-refractivity contribution in [3.05, 3.63) is 212 Å². The maximum absolute atomic E-state index is 6.43. The largest absolute Gasteiger partial charge is 0.494 e. The van der Waals surface area contributed by atoms with Gasteiger partial charge in [-0.05, 0) is 255 Å². The van der Waals surface area contributed by atoms with Gasteiger partial charge in [-0.25, -0.2) is 0 Å². The Bertz CT molecular complexity index is 3690. The topological polar surface area (TPSA) is 55.4 Å². The fourth-order valence-electron chi connectivity index (χ4n) is 14.5. The van der Waals surface area contributed by atoms with Crippen LogP contribution < -0.4 is 28.4 Å². The summed E-state index contributed by atoms with van der Waals surface area (Å²) in [4.78, 5) is 0. The van der Waals surface area contributed by atoms with Crippen molar-refractivity contribution in [2.75, 3.05) is 39.6 Å². The van der Waals surface area contributed by atoms with E-state index in [0.29, 0.717) is 144 Å². The first-order valence-corrected chi connectivity index (χ1v) is 46.6. The highest BCUT2D eigenvalue weighted by atomic mass is 16.5. The van der Waals surface area contributed by atoms with Crippen molar-refractivity contribution in [2.24, 2.45) is 71.0 Å². The molecule has 0 aliphatic carbocycles. The molecule has 0 N–H and O–H groups in total. The van der Waals surface area contributed by atoms with Gasteiger partial charge >= 0.3 is 0 Å². The van der Waals surface area contributed by atoms with Crippen LogP contribution in [0, 0.1) is 142 Å². The molecule has 0 aliphatic rings. The van der Waals surface area contributed by atoms with Gasteiger partial charge in [0.05, 0.1) is 73.0 Å². The predicted molar refractivity (Wildman–Crippen MR) is 509 cm³/mol. The molecule has 0 fully saturated rings. The molecule has 6 heteroatoms. The summed E-state index contributed by atoms with van der Waals surface area (Å²) in [5.74, 6) is 56.9. The molecule has 120 heavy (non-hydrogen) atoms. The van der Waals surface area contributed by atoms with Gasteiger partial charge < -0.3 is 28.4 Å². The molecule has 0 aromatic heterocycles. The molecule has 0 aliphatic heterocycles. The molecule has 0 bridgehead atoms. The van der Waals surface area contributed by atoms with Crippen molar-refractivity contribution in [3.8, 4) is 106 Å². The normalized spacial score (nSPS) is 12.6. The summed E-state index contributed by atoms with van der Waals surface area (Å²) in [7, 11) is 0. The van der Waals surface area contributed by atoms with Crippen molar-refractivity contribution < 1.29 is 28.4 Å². The standard InChI is InChI=1S/C114H150O6/c1-85(2)25-19-31-91(13)73-79-115-103-55-37-97(38-56-103)49-67-109-110(68-50-98-39-57-104(58-40-98)116-80-74-92(14)32-20-26-86(3)4)112(70-52-100-43-61-106(62-44-100)118-82-76-94(16)34-22-28-88(7)8)114(72-54-102-47-65-108(66-48-102)120-84-78-96(18)36-24-30-90(11)12)113(71-53-101-45-63-107(64-46-101)119-83-77-95(17)35-23-29-89(9)10)111(109)69-51-99-41-59-105(60-42-99)117-81-75-93(15)33-21-27-87(5)6/h37-48,55-66,85-96H,19-36,73-84H2,1-18H3. The Kier molecular flexibility index (Phi) is 45.3. The molecule has 642 valence electrons. The lowest BCUT2D eigenvalue weighted by molar-refractivity contribution is 0.275. The monoisotopic (exact) mass is 1620 g/mol. The summed E-state index contributed by atoms with van der Waals surface area (Å²) >= 11 is 0. The van der Waals surface area contributed by atoms with Gasteiger partial charge in [0.2, 0.25) is 0 Å². The van der Waals surface area contributed by atoms with E-state index in [4.69, 9.17) is 28.4 Å². The first-order valence-electron chi connectivity index (χ1n) is 46.6. The summed E-state index contributed by atoms with van der Waals surface area (Å²) in [6.07, 6.45) is 28.1. The predicted octanol–water partition coefficient (Wildman–Crippen LogP) is 29.5. The lowest BCUT2D eigenvalue weighted by Gasteiger charge is -2.14. The zero-order valence-electron chi connectivity index (χ0n) is 77.4. The Labute approximate surface area is 731 Å². The van der Waals surface area contributed by atoms with E-state index in [1.807, 2.05) is 146 Å². The fourth-order valence-corrected chi connectivity index (χ4v) is 14.5. The number of ether oxygens (including phenoxy) is 6. The van der Waals surface area contributed by atoms with Gasteiger partial charge in [0.25, 0.3) is 0 Å². The zero-order valence-corrected chi connectivity index (χ0v) is 77.4. The van der Waals surface area contributed by atoms with Gasteiger partial charge in [-0.15, -0.1) is 0 Å². The van der Waals surface area contributed by atoms with E-state index in [1.165, 1.54) is 116 Å². The first kappa shape index (κ1) is 97.8. The van der Waals surface area contributed by atoms with Crippen LogP contribution in [0.2, 0.25) is 0 Å². The Balaban J connectivity index is 1.47. The lowest BCUT2D eigenvalue weighted by atomic mass is 9.86. The van der Waals surface area contributed by atoms with Gasteiger partial charge in [-0.1, -0.05) is 311 Å². The van der Waals surface area contributed by atoms with Crippen molar-refractivity contribution in [1.82, 2.24) is 0 Å². The minimum atomic E-state index is 0.575. The van der Waals surface area contributed by atoms with Gasteiger partial charge in [0.1, 0.15) is 34.5 Å². The molecule has 0 amide bonds. The molecule has 0 heterocycles. The smallest absolute Gasteiger partial charge is 0.119 e. The SMILES string of the molecule is CC(C)CCCC(C)CCOc1ccc(C#Cc2c(C#Cc3ccc(OCCC(C)CCCC(C)C)cc3)c(C#Cc3ccc(OCCC(C)CCCC(C)C)cc3)c(C#Cc3ccc(OCCC(C)CCCC(C)C)cc3)c(C#Cc3ccc(OCCC(C)CCCC(C)C)cc3)c2C#Cc2ccc(OCCC(C)CCCC(C)C)cc2)cc1. The minimum absolute atomic E-state index is 0.575. The first-order chi connectivity index (χ1) is 57.9. The third-order valence-electron chi connectivity index (χ3n) is 22.8. The average Bonchev–Trinajstić information content (AvgIpc) is 0.760. The van der Waals surface area contributed by atoms with Crippen molar-refractivity contribution in [3.63, 3.8) is 0 Å². The van der Waals surface area contributed by atoms with Crippen molar-refractivity contribution in [1.29, 1.82) is 0 Å². The summed E-state index contributed by atoms with van der Waals surface area (Å²) in [6, 6.07) is 48.8. The quantitative estimate of drug-likeness (QED) is 0.0354. The third-order valence-corrected chi connectivity index (χ3v) is 22.8. The highest BCUT2D eigenvalue weighted by Gasteiger charge is 2.22. The Morgan fingerprint density at radius 3 is 0.400 bits per heavy atom. The fraction of sp³-hybridized carbons (Fsp3) is 0.526. The molecule has 6 nitrogen and oxygen atoms in total. The highest BCUT2D eigenvalue weighted by Crippen LogP contribution is 2.31. The van der Waals surface area contributed by atoms with Crippen LogP contribution in [0.25, 0.3) is 0 Å². The van der Waals surface area contributed by atoms with Gasteiger partial charge in [-0.2, -0.15) is 0 Å². The molecule has 0 radical (unpaired) electrons. The maximum atomic E-state index is 6.43. The van der Waals surface area contributed by atoms with E-state index in [1.54, 1.807) is 0 Å². The van der Waals surface area contributed by atoms with Crippen LogP contribution in [0.4, 0.5) is 0 Å². The van der Waals surface area contributed by atoms with Gasteiger partial charge in [0.15, 0.2) is 0 Å². The Morgan fingerprint density at radius 1 is 0.158 bits per heavy atom. The molecule has 0 saturated carbocycles. The molecular weight excluding hydrogens is 1470 g/mol. The number of rotatable bonds is 48. The highest BCUT2D eigenvalue weighted by molar-refractivity contribution is 5.79. The van der Waals surface area contributed by atoms with E-state index in [2.05, 4.69) is 196 Å². The molecule has 7 aromatic rings. The maximum Gasteiger partial charge on any atom is 0.119 e. The second-order valence-corrected chi connectivity index (χ2v) is 37.3. The van der Waals surface area contributed by atoms with E-state index in [9.17, 15) is 0 Å². The van der Waals surface area contributed by atoms with Crippen LogP contribution in [-0.2, 0) is 0 Å². The summed E-state index contributed by atoms with van der Waals surface area (Å²) < 4.78 is 38.6. The molecule has 7 rings (SSSR count). The van der Waals surface area contributed by atoms with Crippen LogP contribution in [0.5, 0.6) is 34.5 Å². The summed E-state index contributed by atoms with van der Waals surface area (Å²) in [6.45, 7) is 45.5. The minimum Gasteiger partial charge on any atom is -0.494 e. The van der Waals surface area contributed by atoms with Crippen LogP contribution in [0.15, 0.2) is 146 Å². The lowest BCUT2D eigenvalue weighted by Crippen LogP contribution is -2.05. The van der Waals surface area contributed by atoms with Gasteiger partial charge in [0, 0.05) is 33.4 Å². The average molecular weight is 1620 g/mol. The third kappa shape index (κ3) is 40.4. The molecular formula is C114H150O6. The Morgan fingerprint density at radius 2 is 0.283 bits per heavy atom. The van der Waals surface area contributed by atoms with Crippen LogP contribution in [0.3, 0.4) is 0 Å². The number of benzene rings is 7. The summed E-state index contributed by atoms with van der Waals surface area (Å²) in [5.41, 5.74) is 8.21. The molecule has 0 spiro atoms.